The summed E-state index contributed by atoms with van der Waals surface area (Å²) in [6.07, 6.45) is 0.798. The van der Waals surface area contributed by atoms with E-state index in [2.05, 4.69) is 0 Å². The van der Waals surface area contributed by atoms with E-state index in [1.54, 1.807) is 24.3 Å². The minimum absolute atomic E-state index is 0.0943. The summed E-state index contributed by atoms with van der Waals surface area (Å²) >= 11 is 5.78. The summed E-state index contributed by atoms with van der Waals surface area (Å²) in [5.41, 5.74) is 0.895. The molecule has 0 aliphatic carbocycles. The van der Waals surface area contributed by atoms with Gasteiger partial charge >= 0.3 is 5.69 Å². The smallest absolute Gasteiger partial charge is 0.311 e. The van der Waals surface area contributed by atoms with Crippen molar-refractivity contribution >= 4 is 23.6 Å². The van der Waals surface area contributed by atoms with Gasteiger partial charge in [0.05, 0.1) is 10.5 Å². The maximum Gasteiger partial charge on any atom is 0.311 e. The normalized spacial score (nSPS) is 10.2. The predicted octanol–water partition coefficient (Wildman–Crippen LogP) is 3.36. The van der Waals surface area contributed by atoms with Crippen LogP contribution in [0.15, 0.2) is 36.4 Å². The van der Waals surface area contributed by atoms with Crippen LogP contribution >= 0.6 is 11.6 Å². The third-order valence-electron chi connectivity index (χ3n) is 2.82. The number of aromatic hydroxyl groups is 1. The number of nitro groups is 1. The first-order valence-electron chi connectivity index (χ1n) is 5.71. The lowest BCUT2D eigenvalue weighted by Crippen LogP contribution is -1.96. The van der Waals surface area contributed by atoms with E-state index < -0.39 is 16.4 Å². The molecule has 20 heavy (non-hydrogen) atoms. The third-order valence-corrected chi connectivity index (χ3v) is 3.08. The van der Waals surface area contributed by atoms with Crippen LogP contribution < -0.4 is 0 Å². The minimum atomic E-state index is -0.715. The molecule has 0 aromatic heterocycles. The Balaban J connectivity index is 2.41. The average molecular weight is 292 g/mol. The lowest BCUT2D eigenvalue weighted by Gasteiger charge is -2.05. The van der Waals surface area contributed by atoms with E-state index in [0.29, 0.717) is 23.3 Å². The number of halogens is 1. The summed E-state index contributed by atoms with van der Waals surface area (Å²) in [4.78, 5) is 21.0. The van der Waals surface area contributed by atoms with Gasteiger partial charge in [0.2, 0.25) is 5.75 Å². The summed E-state index contributed by atoms with van der Waals surface area (Å²) in [5.74, 6) is -0.607. The molecular weight excluding hydrogens is 282 g/mol. The highest BCUT2D eigenvalue weighted by Crippen LogP contribution is 2.31. The summed E-state index contributed by atoms with van der Waals surface area (Å²) in [7, 11) is 0. The average Bonchev–Trinajstić information content (AvgIpc) is 2.42. The van der Waals surface area contributed by atoms with Gasteiger partial charge in [0.25, 0.3) is 0 Å². The van der Waals surface area contributed by atoms with Crippen LogP contribution in [0.5, 0.6) is 5.75 Å². The third kappa shape index (κ3) is 2.95. The zero-order valence-corrected chi connectivity index (χ0v) is 11.0. The van der Waals surface area contributed by atoms with Crippen LogP contribution in [0, 0.1) is 10.1 Å². The maximum absolute atomic E-state index is 10.9. The van der Waals surface area contributed by atoms with Crippen molar-refractivity contribution in [1.82, 2.24) is 0 Å². The Morgan fingerprint density at radius 3 is 2.40 bits per heavy atom. The molecule has 0 bridgehead atoms. The fraction of sp³-hybridized carbons (Fsp3) is 0.0714. The summed E-state index contributed by atoms with van der Waals surface area (Å²) in [6, 6.07) is 9.71. The molecule has 0 amide bonds. The second kappa shape index (κ2) is 5.71. The molecule has 6 heteroatoms. The van der Waals surface area contributed by atoms with Crippen molar-refractivity contribution < 1.29 is 14.8 Å². The number of carbonyl (C=O) groups excluding carboxylic acids is 1. The maximum atomic E-state index is 10.9. The molecule has 0 spiro atoms. The molecule has 2 aromatic carbocycles. The molecular formula is C14H10ClNO4. The van der Waals surface area contributed by atoms with Crippen molar-refractivity contribution in [3.8, 4) is 5.75 Å². The highest BCUT2D eigenvalue weighted by molar-refractivity contribution is 6.30. The Morgan fingerprint density at radius 2 is 1.85 bits per heavy atom. The molecule has 0 atom stereocenters. The number of hydrogen-bond donors (Lipinski definition) is 1. The lowest BCUT2D eigenvalue weighted by atomic mass is 10.0. The number of phenols is 1. The number of nitro benzene ring substituents is 1. The van der Waals surface area contributed by atoms with Gasteiger partial charge < -0.3 is 5.11 Å². The van der Waals surface area contributed by atoms with Crippen molar-refractivity contribution in [3.05, 3.63) is 68.2 Å². The second-order valence-electron chi connectivity index (χ2n) is 4.23. The van der Waals surface area contributed by atoms with Crippen molar-refractivity contribution in [2.75, 3.05) is 0 Å². The van der Waals surface area contributed by atoms with Crippen LogP contribution in [0.2, 0.25) is 5.02 Å². The standard InChI is InChI=1S/C14H10ClNO4/c15-12-3-1-9(2-4-12)5-10-6-11(8-17)14(18)13(7-10)16(19)20/h1-4,6-8,18H,5H2. The van der Waals surface area contributed by atoms with Crippen LogP contribution in [0.25, 0.3) is 0 Å². The van der Waals surface area contributed by atoms with Gasteiger partial charge in [0.15, 0.2) is 6.29 Å². The van der Waals surface area contributed by atoms with E-state index in [4.69, 9.17) is 11.6 Å². The summed E-state index contributed by atoms with van der Waals surface area (Å²) < 4.78 is 0. The van der Waals surface area contributed by atoms with E-state index >= 15 is 0 Å². The molecule has 0 aliphatic rings. The van der Waals surface area contributed by atoms with E-state index in [1.807, 2.05) is 0 Å². The SMILES string of the molecule is O=Cc1cc(Cc2ccc(Cl)cc2)cc([N+](=O)[O-])c1O. The number of aldehydes is 1. The molecule has 1 N–H and O–H groups in total. The molecule has 0 heterocycles. The van der Waals surface area contributed by atoms with Gasteiger partial charge in [-0.3, -0.25) is 14.9 Å². The molecule has 0 saturated carbocycles. The molecule has 0 radical (unpaired) electrons. The van der Waals surface area contributed by atoms with Crippen LogP contribution in [-0.2, 0) is 6.42 Å². The zero-order valence-electron chi connectivity index (χ0n) is 10.2. The van der Waals surface area contributed by atoms with Gasteiger partial charge in [-0.05, 0) is 35.7 Å². The molecule has 2 rings (SSSR count). The highest BCUT2D eigenvalue weighted by atomic mass is 35.5. The molecule has 0 fully saturated rings. The Labute approximate surface area is 119 Å². The van der Waals surface area contributed by atoms with E-state index in [9.17, 15) is 20.0 Å². The number of nitrogens with zero attached hydrogens (tertiary/aromatic N) is 1. The Bertz CT molecular complexity index is 668. The molecule has 0 aliphatic heterocycles. The fourth-order valence-corrected chi connectivity index (χ4v) is 2.00. The van der Waals surface area contributed by atoms with Gasteiger partial charge in [-0.1, -0.05) is 23.7 Å². The van der Waals surface area contributed by atoms with Crippen molar-refractivity contribution in [1.29, 1.82) is 0 Å². The number of carbonyl (C=O) groups is 1. The first-order chi connectivity index (χ1) is 9.51. The molecule has 5 nitrogen and oxygen atoms in total. The van der Waals surface area contributed by atoms with E-state index in [-0.39, 0.29) is 5.56 Å². The summed E-state index contributed by atoms with van der Waals surface area (Å²) in [6.45, 7) is 0. The van der Waals surface area contributed by atoms with Gasteiger partial charge in [-0.25, -0.2) is 0 Å². The van der Waals surface area contributed by atoms with Gasteiger partial charge in [0.1, 0.15) is 0 Å². The van der Waals surface area contributed by atoms with Gasteiger partial charge in [0, 0.05) is 11.1 Å². The zero-order chi connectivity index (χ0) is 14.7. The highest BCUT2D eigenvalue weighted by Gasteiger charge is 2.18. The van der Waals surface area contributed by atoms with E-state index in [0.717, 1.165) is 5.56 Å². The van der Waals surface area contributed by atoms with Crippen LogP contribution in [0.4, 0.5) is 5.69 Å². The Morgan fingerprint density at radius 1 is 1.20 bits per heavy atom. The molecule has 0 unspecified atom stereocenters. The topological polar surface area (TPSA) is 80.4 Å². The Hall–Kier alpha value is -2.40. The second-order valence-corrected chi connectivity index (χ2v) is 4.67. The quantitative estimate of drug-likeness (QED) is 0.532. The van der Waals surface area contributed by atoms with Gasteiger partial charge in [-0.2, -0.15) is 0 Å². The van der Waals surface area contributed by atoms with Crippen LogP contribution in [-0.4, -0.2) is 16.3 Å². The number of phenolic OH excluding ortho intramolecular Hbond substituents is 1. The number of benzene rings is 2. The molecule has 2 aromatic rings. The van der Waals surface area contributed by atoms with Crippen LogP contribution in [0.3, 0.4) is 0 Å². The Kier molecular flexibility index (Phi) is 4.00. The number of hydrogen-bond acceptors (Lipinski definition) is 4. The molecule has 0 saturated heterocycles. The van der Waals surface area contributed by atoms with E-state index in [1.165, 1.54) is 12.1 Å². The fourth-order valence-electron chi connectivity index (χ4n) is 1.87. The monoisotopic (exact) mass is 291 g/mol. The van der Waals surface area contributed by atoms with Crippen molar-refractivity contribution in [2.45, 2.75) is 6.42 Å². The predicted molar refractivity (Wildman–Crippen MR) is 74.4 cm³/mol. The first kappa shape index (κ1) is 14.0. The number of rotatable bonds is 4. The van der Waals surface area contributed by atoms with Crippen molar-refractivity contribution in [2.24, 2.45) is 0 Å². The first-order valence-corrected chi connectivity index (χ1v) is 6.09. The minimum Gasteiger partial charge on any atom is -0.502 e. The summed E-state index contributed by atoms with van der Waals surface area (Å²) in [5, 5.41) is 21.0. The largest absolute Gasteiger partial charge is 0.502 e. The molecule has 102 valence electrons. The van der Waals surface area contributed by atoms with Crippen LogP contribution in [0.1, 0.15) is 21.5 Å². The van der Waals surface area contributed by atoms with Gasteiger partial charge in [-0.15, -0.1) is 0 Å². The lowest BCUT2D eigenvalue weighted by molar-refractivity contribution is -0.385. The van der Waals surface area contributed by atoms with Crippen molar-refractivity contribution in [3.63, 3.8) is 0 Å².